The second kappa shape index (κ2) is 4.44. The second-order valence-corrected chi connectivity index (χ2v) is 4.93. The lowest BCUT2D eigenvalue weighted by atomic mass is 9.92. The summed E-state index contributed by atoms with van der Waals surface area (Å²) in [4.78, 5) is 11.3. The summed E-state index contributed by atoms with van der Waals surface area (Å²) in [6, 6.07) is 9.39. The maximum absolute atomic E-state index is 14.0. The minimum atomic E-state index is -3.13. The smallest absolute Gasteiger partial charge is 0.408 e. The van der Waals surface area contributed by atoms with E-state index in [4.69, 9.17) is 0 Å². The Bertz CT molecular complexity index is 685. The summed E-state index contributed by atoms with van der Waals surface area (Å²) < 4.78 is 32.4. The van der Waals surface area contributed by atoms with Crippen LogP contribution < -0.4 is 5.32 Å². The molecule has 1 saturated heterocycles. The molecule has 1 atom stereocenters. The number of carbonyl (C=O) groups is 1. The number of aryl methyl sites for hydroxylation is 1. The van der Waals surface area contributed by atoms with Gasteiger partial charge in [0, 0.05) is 0 Å². The van der Waals surface area contributed by atoms with Crippen LogP contribution in [0.1, 0.15) is 17.2 Å². The van der Waals surface area contributed by atoms with Crippen LogP contribution in [0.15, 0.2) is 36.4 Å². The molecule has 1 aliphatic heterocycles. The first-order valence-corrected chi connectivity index (χ1v) is 6.28. The standard InChI is InChI=1S/C15H13F2NO2/c1-9-6-7-12(11-5-3-2-4-10(9)11)13-15(16,17)8-20-14(19)18-13/h2-7,13H,8H2,1H3,(H,18,19)/t13-/m1/s1. The van der Waals surface area contributed by atoms with Gasteiger partial charge in [-0.25, -0.2) is 13.6 Å². The Hall–Kier alpha value is -2.17. The van der Waals surface area contributed by atoms with Crippen LogP contribution in [-0.2, 0) is 4.74 Å². The highest BCUT2D eigenvalue weighted by Crippen LogP contribution is 2.38. The van der Waals surface area contributed by atoms with E-state index in [-0.39, 0.29) is 0 Å². The van der Waals surface area contributed by atoms with Gasteiger partial charge in [-0.3, -0.25) is 0 Å². The third kappa shape index (κ3) is 1.99. The van der Waals surface area contributed by atoms with Gasteiger partial charge in [-0.15, -0.1) is 0 Å². The molecule has 3 rings (SSSR count). The normalized spacial score (nSPS) is 21.4. The van der Waals surface area contributed by atoms with Crippen molar-refractivity contribution < 1.29 is 18.3 Å². The monoisotopic (exact) mass is 277 g/mol. The second-order valence-electron chi connectivity index (χ2n) is 4.93. The van der Waals surface area contributed by atoms with Gasteiger partial charge in [0.25, 0.3) is 0 Å². The van der Waals surface area contributed by atoms with Gasteiger partial charge in [-0.2, -0.15) is 0 Å². The van der Waals surface area contributed by atoms with Crippen LogP contribution in [0.25, 0.3) is 10.8 Å². The van der Waals surface area contributed by atoms with Crippen LogP contribution in [0.2, 0.25) is 0 Å². The van der Waals surface area contributed by atoms with Crippen LogP contribution in [-0.4, -0.2) is 18.6 Å². The van der Waals surface area contributed by atoms with Crippen molar-refractivity contribution in [1.29, 1.82) is 0 Å². The molecule has 0 unspecified atom stereocenters. The zero-order valence-corrected chi connectivity index (χ0v) is 10.8. The first-order chi connectivity index (χ1) is 9.49. The molecule has 0 radical (unpaired) electrons. The Morgan fingerprint density at radius 2 is 1.90 bits per heavy atom. The van der Waals surface area contributed by atoms with Crippen LogP contribution in [0.5, 0.6) is 0 Å². The number of nitrogens with one attached hydrogen (secondary N) is 1. The van der Waals surface area contributed by atoms with E-state index in [1.165, 1.54) is 0 Å². The maximum Gasteiger partial charge on any atom is 0.408 e. The number of halogens is 2. The molecule has 104 valence electrons. The van der Waals surface area contributed by atoms with Crippen molar-refractivity contribution in [3.05, 3.63) is 47.5 Å². The Morgan fingerprint density at radius 3 is 2.65 bits per heavy atom. The summed E-state index contributed by atoms with van der Waals surface area (Å²) in [5.74, 6) is -3.13. The predicted molar refractivity (Wildman–Crippen MR) is 70.9 cm³/mol. The van der Waals surface area contributed by atoms with Crippen molar-refractivity contribution in [2.24, 2.45) is 0 Å². The third-order valence-corrected chi connectivity index (χ3v) is 3.57. The van der Waals surface area contributed by atoms with E-state index < -0.39 is 24.7 Å². The summed E-state index contributed by atoms with van der Waals surface area (Å²) in [6.07, 6.45) is -0.814. The number of amides is 1. The summed E-state index contributed by atoms with van der Waals surface area (Å²) in [6.45, 7) is 1.03. The van der Waals surface area contributed by atoms with E-state index in [9.17, 15) is 13.6 Å². The number of rotatable bonds is 1. The van der Waals surface area contributed by atoms with Gasteiger partial charge in [-0.1, -0.05) is 36.4 Å². The molecule has 0 bridgehead atoms. The number of alkyl halides is 2. The average molecular weight is 277 g/mol. The highest BCUT2D eigenvalue weighted by molar-refractivity contribution is 5.89. The van der Waals surface area contributed by atoms with E-state index >= 15 is 0 Å². The molecule has 2 aromatic carbocycles. The van der Waals surface area contributed by atoms with E-state index in [1.54, 1.807) is 24.3 Å². The van der Waals surface area contributed by atoms with Crippen LogP contribution >= 0.6 is 0 Å². The quantitative estimate of drug-likeness (QED) is 0.865. The molecule has 1 heterocycles. The molecular weight excluding hydrogens is 264 g/mol. The van der Waals surface area contributed by atoms with E-state index in [0.717, 1.165) is 16.3 Å². The minimum absolute atomic E-state index is 0.410. The van der Waals surface area contributed by atoms with Crippen molar-refractivity contribution in [3.8, 4) is 0 Å². The van der Waals surface area contributed by atoms with E-state index in [0.29, 0.717) is 5.56 Å². The molecule has 0 aliphatic carbocycles. The molecule has 20 heavy (non-hydrogen) atoms. The summed E-state index contributed by atoms with van der Waals surface area (Å²) in [5, 5.41) is 3.85. The number of cyclic esters (lactones) is 1. The lowest BCUT2D eigenvalue weighted by Crippen LogP contribution is -2.49. The minimum Gasteiger partial charge on any atom is -0.443 e. The van der Waals surface area contributed by atoms with Crippen molar-refractivity contribution >= 4 is 16.9 Å². The molecule has 0 aromatic heterocycles. The molecule has 1 amide bonds. The Kier molecular flexibility index (Phi) is 2.85. The van der Waals surface area contributed by atoms with Gasteiger partial charge in [0.15, 0.2) is 6.61 Å². The van der Waals surface area contributed by atoms with Gasteiger partial charge < -0.3 is 10.1 Å². The summed E-state index contributed by atoms with van der Waals surface area (Å²) >= 11 is 0. The molecule has 0 saturated carbocycles. The zero-order valence-electron chi connectivity index (χ0n) is 10.8. The fourth-order valence-corrected chi connectivity index (χ4v) is 2.54. The van der Waals surface area contributed by atoms with E-state index in [1.807, 2.05) is 19.1 Å². The molecule has 2 aromatic rings. The van der Waals surface area contributed by atoms with Crippen LogP contribution in [0, 0.1) is 6.92 Å². The van der Waals surface area contributed by atoms with Gasteiger partial charge >= 0.3 is 12.0 Å². The zero-order chi connectivity index (χ0) is 14.3. The largest absolute Gasteiger partial charge is 0.443 e. The van der Waals surface area contributed by atoms with Crippen molar-refractivity contribution in [1.82, 2.24) is 5.32 Å². The SMILES string of the molecule is Cc1ccc([C@H]2NC(=O)OCC2(F)F)c2ccccc12. The first kappa shape index (κ1) is 12.8. The van der Waals surface area contributed by atoms with E-state index in [2.05, 4.69) is 10.1 Å². The number of ether oxygens (including phenoxy) is 1. The highest BCUT2D eigenvalue weighted by Gasteiger charge is 2.47. The number of hydrogen-bond acceptors (Lipinski definition) is 2. The molecule has 1 N–H and O–H groups in total. The highest BCUT2D eigenvalue weighted by atomic mass is 19.3. The number of alkyl carbamates (subject to hydrolysis) is 1. The summed E-state index contributed by atoms with van der Waals surface area (Å²) in [5.41, 5.74) is 1.42. The first-order valence-electron chi connectivity index (χ1n) is 6.28. The number of benzene rings is 2. The number of carbonyl (C=O) groups excluding carboxylic acids is 1. The molecule has 1 aliphatic rings. The summed E-state index contributed by atoms with van der Waals surface area (Å²) in [7, 11) is 0. The van der Waals surface area contributed by atoms with Crippen LogP contribution in [0.3, 0.4) is 0 Å². The molecule has 5 heteroatoms. The Labute approximate surface area is 114 Å². The Balaban J connectivity index is 2.18. The van der Waals surface area contributed by atoms with Crippen molar-refractivity contribution in [2.45, 2.75) is 18.9 Å². The predicted octanol–water partition coefficient (Wildman–Crippen LogP) is 3.56. The Morgan fingerprint density at radius 1 is 1.20 bits per heavy atom. The van der Waals surface area contributed by atoms with Gasteiger partial charge in [0.1, 0.15) is 6.04 Å². The average Bonchev–Trinajstić information content (AvgIpc) is 2.43. The molecule has 1 fully saturated rings. The molecular formula is C15H13F2NO2. The van der Waals surface area contributed by atoms with Crippen molar-refractivity contribution in [2.75, 3.05) is 6.61 Å². The maximum atomic E-state index is 14.0. The van der Waals surface area contributed by atoms with Crippen molar-refractivity contribution in [3.63, 3.8) is 0 Å². The molecule has 3 nitrogen and oxygen atoms in total. The van der Waals surface area contributed by atoms with Gasteiger partial charge in [0.2, 0.25) is 0 Å². The molecule has 0 spiro atoms. The fourth-order valence-electron chi connectivity index (χ4n) is 2.54. The fraction of sp³-hybridized carbons (Fsp3) is 0.267. The lowest BCUT2D eigenvalue weighted by Gasteiger charge is -2.32. The van der Waals surface area contributed by atoms with Crippen LogP contribution in [0.4, 0.5) is 13.6 Å². The van der Waals surface area contributed by atoms with Gasteiger partial charge in [-0.05, 0) is 28.8 Å². The number of hydrogen-bond donors (Lipinski definition) is 1. The lowest BCUT2D eigenvalue weighted by molar-refractivity contribution is -0.103. The third-order valence-electron chi connectivity index (χ3n) is 3.57. The number of fused-ring (bicyclic) bond motifs is 1. The topological polar surface area (TPSA) is 38.3 Å². The van der Waals surface area contributed by atoms with Gasteiger partial charge in [0.05, 0.1) is 0 Å².